The fourth-order valence-electron chi connectivity index (χ4n) is 8.10. The van der Waals surface area contributed by atoms with Crippen LogP contribution in [-0.2, 0) is 23.9 Å². The Hall–Kier alpha value is -2.18. The Balaban J connectivity index is 1.33. The van der Waals surface area contributed by atoms with E-state index in [1.807, 2.05) is 19.9 Å². The molecule has 36 heavy (non-hydrogen) atoms. The van der Waals surface area contributed by atoms with E-state index < -0.39 is 17.9 Å². The second-order valence-electron chi connectivity index (χ2n) is 12.7. The third-order valence-electron chi connectivity index (χ3n) is 10.0. The van der Waals surface area contributed by atoms with E-state index >= 15 is 0 Å². The highest BCUT2D eigenvalue weighted by atomic mass is 16.5. The molecule has 4 aliphatic rings. The largest absolute Gasteiger partial charge is 0.480 e. The zero-order valence-electron chi connectivity index (χ0n) is 22.3. The Morgan fingerprint density at radius 3 is 2.50 bits per heavy atom. The lowest BCUT2D eigenvalue weighted by atomic mass is 9.47. The molecule has 200 valence electrons. The van der Waals surface area contributed by atoms with Crippen LogP contribution in [-0.4, -0.2) is 40.9 Å². The second kappa shape index (κ2) is 10.3. The van der Waals surface area contributed by atoms with Gasteiger partial charge in [-0.05, 0) is 86.5 Å². The van der Waals surface area contributed by atoms with Crippen molar-refractivity contribution in [2.24, 2.45) is 34.5 Å². The maximum atomic E-state index is 12.7. The standard InChI is InChI=1S/C29H43NO6/c1-17(2)15-23(27(34)35)30-25(32)9-10-26(33)36-24-8-7-21-20-6-5-18-16-19(31)11-13-28(18,3)22(20)12-14-29(21,24)4/h16-17,20-24H,5-15H2,1-4H3,(H,30,32)(H,34,35)/t20-,21+,22-,23+,24-,28+,29+/m1/s1. The maximum absolute atomic E-state index is 12.7. The van der Waals surface area contributed by atoms with Gasteiger partial charge in [-0.25, -0.2) is 4.79 Å². The fourth-order valence-corrected chi connectivity index (χ4v) is 8.10. The number of allylic oxidation sites excluding steroid dienone is 1. The van der Waals surface area contributed by atoms with Gasteiger partial charge in [0.05, 0.1) is 6.42 Å². The van der Waals surface area contributed by atoms with Crippen LogP contribution < -0.4 is 5.32 Å². The molecule has 7 heteroatoms. The number of rotatable bonds is 8. The number of carbonyl (C=O) groups is 4. The molecule has 1 amide bonds. The number of hydrogen-bond acceptors (Lipinski definition) is 5. The normalized spacial score (nSPS) is 36.2. The number of carboxylic acid groups (broad SMARTS) is 1. The molecule has 0 aromatic carbocycles. The Kier molecular flexibility index (Phi) is 7.68. The molecular formula is C29H43NO6. The molecule has 3 fully saturated rings. The van der Waals surface area contributed by atoms with E-state index in [4.69, 9.17) is 4.74 Å². The van der Waals surface area contributed by atoms with Crippen molar-refractivity contribution in [3.05, 3.63) is 11.6 Å². The number of carbonyl (C=O) groups excluding carboxylic acids is 3. The summed E-state index contributed by atoms with van der Waals surface area (Å²) in [6.45, 7) is 8.47. The first-order chi connectivity index (χ1) is 16.9. The van der Waals surface area contributed by atoms with Crippen LogP contribution in [0.5, 0.6) is 0 Å². The van der Waals surface area contributed by atoms with Gasteiger partial charge in [-0.15, -0.1) is 0 Å². The van der Waals surface area contributed by atoms with E-state index in [1.54, 1.807) is 0 Å². The summed E-state index contributed by atoms with van der Waals surface area (Å²) in [6, 6.07) is -0.937. The van der Waals surface area contributed by atoms with Crippen LogP contribution in [0.4, 0.5) is 0 Å². The number of carboxylic acids is 1. The van der Waals surface area contributed by atoms with Crippen LogP contribution in [0, 0.1) is 34.5 Å². The molecule has 0 aliphatic heterocycles. The third kappa shape index (κ3) is 5.12. The van der Waals surface area contributed by atoms with Crippen LogP contribution in [0.3, 0.4) is 0 Å². The summed E-state index contributed by atoms with van der Waals surface area (Å²) in [7, 11) is 0. The number of ketones is 1. The molecule has 0 unspecified atom stereocenters. The molecule has 0 radical (unpaired) electrons. The number of amides is 1. The molecule has 7 atom stereocenters. The van der Waals surface area contributed by atoms with Gasteiger partial charge in [0.1, 0.15) is 12.1 Å². The molecular weight excluding hydrogens is 458 g/mol. The molecule has 3 saturated carbocycles. The van der Waals surface area contributed by atoms with E-state index in [-0.39, 0.29) is 47.4 Å². The van der Waals surface area contributed by atoms with E-state index in [9.17, 15) is 24.3 Å². The minimum Gasteiger partial charge on any atom is -0.480 e. The van der Waals surface area contributed by atoms with Gasteiger partial charge in [-0.1, -0.05) is 33.3 Å². The molecule has 2 N–H and O–H groups in total. The number of nitrogens with one attached hydrogen (secondary N) is 1. The Morgan fingerprint density at radius 2 is 1.81 bits per heavy atom. The van der Waals surface area contributed by atoms with Crippen LogP contribution in [0.1, 0.15) is 98.3 Å². The third-order valence-corrected chi connectivity index (χ3v) is 10.0. The number of ether oxygens (including phenoxy) is 1. The molecule has 0 heterocycles. The maximum Gasteiger partial charge on any atom is 0.326 e. The Morgan fingerprint density at radius 1 is 1.06 bits per heavy atom. The van der Waals surface area contributed by atoms with E-state index in [2.05, 4.69) is 19.2 Å². The molecule has 4 rings (SSSR count). The highest BCUT2D eigenvalue weighted by Gasteiger charge is 2.59. The predicted octanol–water partition coefficient (Wildman–Crippen LogP) is 4.83. The molecule has 7 nitrogen and oxygen atoms in total. The lowest BCUT2D eigenvalue weighted by Crippen LogP contribution is -2.51. The summed E-state index contributed by atoms with van der Waals surface area (Å²) in [6.07, 6.45) is 9.81. The van der Waals surface area contributed by atoms with Gasteiger partial charge < -0.3 is 15.2 Å². The summed E-state index contributed by atoms with van der Waals surface area (Å²) in [4.78, 5) is 48.4. The van der Waals surface area contributed by atoms with Crippen molar-refractivity contribution in [2.75, 3.05) is 0 Å². The summed E-state index contributed by atoms with van der Waals surface area (Å²) in [5.41, 5.74) is 1.44. The summed E-state index contributed by atoms with van der Waals surface area (Å²) in [5, 5.41) is 11.9. The molecule has 0 spiro atoms. The summed E-state index contributed by atoms with van der Waals surface area (Å²) >= 11 is 0. The molecule has 0 aromatic heterocycles. The van der Waals surface area contributed by atoms with Gasteiger partial charge in [-0.2, -0.15) is 0 Å². The second-order valence-corrected chi connectivity index (χ2v) is 12.7. The first-order valence-electron chi connectivity index (χ1n) is 13.9. The quantitative estimate of drug-likeness (QED) is 0.461. The van der Waals surface area contributed by atoms with Gasteiger partial charge in [0.2, 0.25) is 5.91 Å². The van der Waals surface area contributed by atoms with Crippen molar-refractivity contribution < 1.29 is 29.0 Å². The molecule has 4 aliphatic carbocycles. The lowest BCUT2D eigenvalue weighted by Gasteiger charge is -2.57. The summed E-state index contributed by atoms with van der Waals surface area (Å²) < 4.78 is 5.99. The van der Waals surface area contributed by atoms with Crippen molar-refractivity contribution in [2.45, 2.75) is 110 Å². The van der Waals surface area contributed by atoms with Crippen LogP contribution >= 0.6 is 0 Å². The molecule has 0 saturated heterocycles. The van der Waals surface area contributed by atoms with E-state index in [0.717, 1.165) is 44.9 Å². The SMILES string of the molecule is CC(C)C[C@H](NC(=O)CCC(=O)O[C@@H]1CC[C@H]2[C@H]3CCC4=CC(=O)CC[C@]4(C)[C@@H]3CC[C@]12C)C(=O)O. The Bertz CT molecular complexity index is 940. The average molecular weight is 502 g/mol. The minimum atomic E-state index is -1.06. The summed E-state index contributed by atoms with van der Waals surface area (Å²) in [5.74, 6) is 0.263. The highest BCUT2D eigenvalue weighted by molar-refractivity contribution is 5.91. The van der Waals surface area contributed by atoms with Gasteiger partial charge in [-0.3, -0.25) is 14.4 Å². The first-order valence-corrected chi connectivity index (χ1v) is 13.9. The average Bonchev–Trinajstić information content (AvgIpc) is 3.13. The van der Waals surface area contributed by atoms with Crippen LogP contribution in [0.25, 0.3) is 0 Å². The van der Waals surface area contributed by atoms with Gasteiger partial charge in [0.15, 0.2) is 5.78 Å². The first kappa shape index (κ1) is 26.9. The smallest absolute Gasteiger partial charge is 0.326 e. The molecule has 0 aromatic rings. The minimum absolute atomic E-state index is 0.0383. The zero-order chi connectivity index (χ0) is 26.3. The lowest BCUT2D eigenvalue weighted by molar-refractivity contribution is -0.160. The molecule has 0 bridgehead atoms. The van der Waals surface area contributed by atoms with Crippen molar-refractivity contribution in [1.29, 1.82) is 0 Å². The highest BCUT2D eigenvalue weighted by Crippen LogP contribution is 2.65. The predicted molar refractivity (Wildman–Crippen MR) is 135 cm³/mol. The van der Waals surface area contributed by atoms with Gasteiger partial charge in [0.25, 0.3) is 0 Å². The van der Waals surface area contributed by atoms with Crippen LogP contribution in [0.15, 0.2) is 11.6 Å². The van der Waals surface area contributed by atoms with Crippen LogP contribution in [0.2, 0.25) is 0 Å². The number of hydrogen-bond donors (Lipinski definition) is 2. The van der Waals surface area contributed by atoms with E-state index in [0.29, 0.717) is 30.6 Å². The van der Waals surface area contributed by atoms with Gasteiger partial charge >= 0.3 is 11.9 Å². The van der Waals surface area contributed by atoms with Gasteiger partial charge in [0, 0.05) is 18.3 Å². The number of aliphatic carboxylic acids is 1. The topological polar surface area (TPSA) is 110 Å². The fraction of sp³-hybridized carbons (Fsp3) is 0.793. The number of fused-ring (bicyclic) bond motifs is 5. The van der Waals surface area contributed by atoms with E-state index in [1.165, 1.54) is 5.57 Å². The zero-order valence-corrected chi connectivity index (χ0v) is 22.3. The van der Waals surface area contributed by atoms with Crippen molar-refractivity contribution in [3.63, 3.8) is 0 Å². The van der Waals surface area contributed by atoms with Crippen molar-refractivity contribution >= 4 is 23.6 Å². The number of esters is 1. The van der Waals surface area contributed by atoms with Crippen molar-refractivity contribution in [1.82, 2.24) is 5.32 Å². The van der Waals surface area contributed by atoms with Crippen molar-refractivity contribution in [3.8, 4) is 0 Å². The Labute approximate surface area is 214 Å². The monoisotopic (exact) mass is 501 g/mol.